The largest absolute Gasteiger partial charge is 0.330 e. The molecule has 3 rings (SSSR count). The number of hydrogen-bond acceptors (Lipinski definition) is 3. The van der Waals surface area contributed by atoms with Crippen molar-refractivity contribution in [1.82, 2.24) is 14.5 Å². The third-order valence-corrected chi connectivity index (χ3v) is 3.35. The van der Waals surface area contributed by atoms with E-state index in [2.05, 4.69) is 20.6 Å². The summed E-state index contributed by atoms with van der Waals surface area (Å²) in [4.78, 5) is 8.46. The van der Waals surface area contributed by atoms with Gasteiger partial charge in [-0.15, -0.1) is 0 Å². The Kier molecular flexibility index (Phi) is 3.74. The fourth-order valence-corrected chi connectivity index (χ4v) is 2.22. The monoisotopic (exact) mass is 274 g/mol. The molecule has 4 nitrogen and oxygen atoms in total. The zero-order valence-corrected chi connectivity index (χ0v) is 11.5. The van der Waals surface area contributed by atoms with E-state index in [1.165, 1.54) is 5.56 Å². The number of benzene rings is 1. The van der Waals surface area contributed by atoms with Gasteiger partial charge >= 0.3 is 0 Å². The zero-order chi connectivity index (χ0) is 14.5. The van der Waals surface area contributed by atoms with Gasteiger partial charge in [0.2, 0.25) is 0 Å². The van der Waals surface area contributed by atoms with Crippen molar-refractivity contribution in [3.8, 4) is 6.07 Å². The molecule has 0 atom stereocenters. The molecule has 2 aromatic heterocycles. The summed E-state index contributed by atoms with van der Waals surface area (Å²) in [5.74, 6) is 1.02. The van der Waals surface area contributed by atoms with Crippen molar-refractivity contribution in [2.45, 2.75) is 13.0 Å². The van der Waals surface area contributed by atoms with Crippen molar-refractivity contribution in [3.05, 3.63) is 83.7 Å². The molecular weight excluding hydrogens is 260 g/mol. The average Bonchev–Trinajstić information content (AvgIpc) is 2.96. The van der Waals surface area contributed by atoms with E-state index in [1.807, 2.05) is 48.8 Å². The Hall–Kier alpha value is -2.93. The van der Waals surface area contributed by atoms with E-state index in [1.54, 1.807) is 12.4 Å². The molecule has 3 aromatic rings. The smallest absolute Gasteiger partial charge is 0.113 e. The highest BCUT2D eigenvalue weighted by Crippen LogP contribution is 2.11. The average molecular weight is 274 g/mol. The van der Waals surface area contributed by atoms with Crippen LogP contribution in [0.5, 0.6) is 0 Å². The summed E-state index contributed by atoms with van der Waals surface area (Å²) in [5.41, 5.74) is 3.03. The maximum Gasteiger partial charge on any atom is 0.113 e. The van der Waals surface area contributed by atoms with Crippen LogP contribution >= 0.6 is 0 Å². The Bertz CT molecular complexity index is 751. The van der Waals surface area contributed by atoms with Crippen molar-refractivity contribution >= 4 is 0 Å². The second-order valence-electron chi connectivity index (χ2n) is 4.81. The lowest BCUT2D eigenvalue weighted by Crippen LogP contribution is -2.05. The van der Waals surface area contributed by atoms with Gasteiger partial charge in [-0.3, -0.25) is 4.98 Å². The van der Waals surface area contributed by atoms with Crippen molar-refractivity contribution in [2.75, 3.05) is 0 Å². The van der Waals surface area contributed by atoms with E-state index < -0.39 is 0 Å². The normalized spacial score (nSPS) is 10.2. The van der Waals surface area contributed by atoms with Gasteiger partial charge in [-0.1, -0.05) is 12.1 Å². The number of rotatable bonds is 4. The van der Waals surface area contributed by atoms with Gasteiger partial charge < -0.3 is 4.57 Å². The van der Waals surface area contributed by atoms with E-state index >= 15 is 0 Å². The van der Waals surface area contributed by atoms with Crippen LogP contribution in [-0.4, -0.2) is 14.5 Å². The van der Waals surface area contributed by atoms with Gasteiger partial charge in [0.05, 0.1) is 11.6 Å². The third-order valence-electron chi connectivity index (χ3n) is 3.35. The zero-order valence-electron chi connectivity index (χ0n) is 11.5. The van der Waals surface area contributed by atoms with Crippen molar-refractivity contribution in [1.29, 1.82) is 5.26 Å². The summed E-state index contributed by atoms with van der Waals surface area (Å²) in [7, 11) is 0. The Morgan fingerprint density at radius 2 is 1.71 bits per heavy atom. The van der Waals surface area contributed by atoms with Crippen LogP contribution in [0.3, 0.4) is 0 Å². The van der Waals surface area contributed by atoms with E-state index in [9.17, 15) is 0 Å². The molecule has 102 valence electrons. The Morgan fingerprint density at radius 3 is 2.43 bits per heavy atom. The molecule has 0 aliphatic rings. The summed E-state index contributed by atoms with van der Waals surface area (Å²) in [5, 5.41) is 8.82. The molecule has 0 radical (unpaired) electrons. The summed E-state index contributed by atoms with van der Waals surface area (Å²) < 4.78 is 2.13. The quantitative estimate of drug-likeness (QED) is 0.735. The standard InChI is InChI=1S/C17H14N4/c18-12-15-1-3-16(4-2-15)13-21-10-9-20-17(21)11-14-5-7-19-8-6-14/h1-10H,11,13H2. The van der Waals surface area contributed by atoms with Crippen LogP contribution in [0.25, 0.3) is 0 Å². The molecule has 4 heteroatoms. The van der Waals surface area contributed by atoms with E-state index in [0.29, 0.717) is 5.56 Å². The van der Waals surface area contributed by atoms with Crippen LogP contribution in [0.1, 0.15) is 22.5 Å². The number of imidazole rings is 1. The fraction of sp³-hybridized carbons (Fsp3) is 0.118. The number of nitrogens with zero attached hydrogens (tertiary/aromatic N) is 4. The lowest BCUT2D eigenvalue weighted by Gasteiger charge is -2.08. The van der Waals surface area contributed by atoms with Crippen LogP contribution in [0.4, 0.5) is 0 Å². The molecule has 0 aliphatic heterocycles. The van der Waals surface area contributed by atoms with Crippen molar-refractivity contribution in [3.63, 3.8) is 0 Å². The molecule has 0 aliphatic carbocycles. The number of aromatic nitrogens is 3. The molecule has 2 heterocycles. The van der Waals surface area contributed by atoms with E-state index in [0.717, 1.165) is 24.4 Å². The van der Waals surface area contributed by atoms with Crippen LogP contribution < -0.4 is 0 Å². The SMILES string of the molecule is N#Cc1ccc(Cn2ccnc2Cc2ccncc2)cc1. The second-order valence-corrected chi connectivity index (χ2v) is 4.81. The highest BCUT2D eigenvalue weighted by molar-refractivity contribution is 5.31. The lowest BCUT2D eigenvalue weighted by atomic mass is 10.1. The molecule has 21 heavy (non-hydrogen) atoms. The molecule has 0 saturated heterocycles. The highest BCUT2D eigenvalue weighted by atomic mass is 15.1. The molecule has 0 unspecified atom stereocenters. The number of nitriles is 1. The van der Waals surface area contributed by atoms with Gasteiger partial charge in [0.25, 0.3) is 0 Å². The van der Waals surface area contributed by atoms with Gasteiger partial charge in [-0.2, -0.15) is 5.26 Å². The first-order chi connectivity index (χ1) is 10.3. The van der Waals surface area contributed by atoms with Crippen LogP contribution in [0, 0.1) is 11.3 Å². The van der Waals surface area contributed by atoms with Gasteiger partial charge in [0.1, 0.15) is 5.82 Å². The molecular formula is C17H14N4. The van der Waals surface area contributed by atoms with Gasteiger partial charge in [0, 0.05) is 37.8 Å². The minimum atomic E-state index is 0.682. The maximum absolute atomic E-state index is 8.82. The van der Waals surface area contributed by atoms with Crippen LogP contribution in [-0.2, 0) is 13.0 Å². The number of pyridine rings is 1. The summed E-state index contributed by atoms with van der Waals surface area (Å²) in [6.45, 7) is 0.756. The molecule has 0 saturated carbocycles. The Labute approximate surface area is 123 Å². The molecule has 0 spiro atoms. The number of hydrogen-bond donors (Lipinski definition) is 0. The Balaban J connectivity index is 1.77. The Morgan fingerprint density at radius 1 is 0.952 bits per heavy atom. The first-order valence-corrected chi connectivity index (χ1v) is 6.73. The van der Waals surface area contributed by atoms with Gasteiger partial charge in [-0.05, 0) is 35.4 Å². The minimum absolute atomic E-state index is 0.682. The molecule has 0 amide bonds. The molecule has 0 fully saturated rings. The molecule has 1 aromatic carbocycles. The first-order valence-electron chi connectivity index (χ1n) is 6.73. The maximum atomic E-state index is 8.82. The van der Waals surface area contributed by atoms with Crippen LogP contribution in [0.15, 0.2) is 61.2 Å². The minimum Gasteiger partial charge on any atom is -0.330 e. The van der Waals surface area contributed by atoms with Gasteiger partial charge in [0.15, 0.2) is 0 Å². The topological polar surface area (TPSA) is 54.5 Å². The third kappa shape index (κ3) is 3.15. The highest BCUT2D eigenvalue weighted by Gasteiger charge is 2.05. The first kappa shape index (κ1) is 13.1. The van der Waals surface area contributed by atoms with Gasteiger partial charge in [-0.25, -0.2) is 4.98 Å². The van der Waals surface area contributed by atoms with Crippen molar-refractivity contribution in [2.24, 2.45) is 0 Å². The lowest BCUT2D eigenvalue weighted by molar-refractivity contribution is 0.740. The second kappa shape index (κ2) is 6.02. The van der Waals surface area contributed by atoms with E-state index in [4.69, 9.17) is 5.26 Å². The fourth-order valence-electron chi connectivity index (χ4n) is 2.22. The van der Waals surface area contributed by atoms with Crippen LogP contribution in [0.2, 0.25) is 0 Å². The van der Waals surface area contributed by atoms with Crippen molar-refractivity contribution < 1.29 is 0 Å². The van der Waals surface area contributed by atoms with E-state index in [-0.39, 0.29) is 0 Å². The summed E-state index contributed by atoms with van der Waals surface area (Å²) >= 11 is 0. The summed E-state index contributed by atoms with van der Waals surface area (Å²) in [6, 6.07) is 13.8. The predicted molar refractivity (Wildman–Crippen MR) is 79.5 cm³/mol. The molecule has 0 bridgehead atoms. The summed E-state index contributed by atoms with van der Waals surface area (Å²) in [6.07, 6.45) is 8.17. The molecule has 0 N–H and O–H groups in total. The predicted octanol–water partition coefficient (Wildman–Crippen LogP) is 2.79.